The van der Waals surface area contributed by atoms with Crippen LogP contribution < -0.4 is 10.5 Å². The van der Waals surface area contributed by atoms with Crippen molar-refractivity contribution in [2.45, 2.75) is 32.3 Å². The molecule has 0 aliphatic carbocycles. The summed E-state index contributed by atoms with van der Waals surface area (Å²) in [6.07, 6.45) is 3.54. The van der Waals surface area contributed by atoms with Crippen molar-refractivity contribution in [1.82, 2.24) is 0 Å². The van der Waals surface area contributed by atoms with Gasteiger partial charge in [-0.15, -0.1) is 0 Å². The van der Waals surface area contributed by atoms with Gasteiger partial charge in [-0.05, 0) is 37.9 Å². The molecule has 0 amide bonds. The highest BCUT2D eigenvalue weighted by atomic mass is 16.5. The van der Waals surface area contributed by atoms with Crippen LogP contribution >= 0.6 is 0 Å². The van der Waals surface area contributed by atoms with E-state index in [2.05, 4.69) is 25.1 Å². The first-order valence-electron chi connectivity index (χ1n) is 5.26. The third-order valence-corrected chi connectivity index (χ3v) is 2.82. The fourth-order valence-corrected chi connectivity index (χ4v) is 2.00. The molecule has 0 aromatic heterocycles. The smallest absolute Gasteiger partial charge is 0.123 e. The molecule has 1 atom stereocenters. The SMILES string of the molecule is Cc1cccc2c1CC(CCCN)O2. The molecule has 1 unspecified atom stereocenters. The maximum Gasteiger partial charge on any atom is 0.123 e. The summed E-state index contributed by atoms with van der Waals surface area (Å²) in [5, 5.41) is 0. The van der Waals surface area contributed by atoms with Gasteiger partial charge < -0.3 is 10.5 Å². The number of fused-ring (bicyclic) bond motifs is 1. The molecular weight excluding hydrogens is 174 g/mol. The molecule has 2 N–H and O–H groups in total. The van der Waals surface area contributed by atoms with Gasteiger partial charge in [-0.25, -0.2) is 0 Å². The molecule has 0 bridgehead atoms. The Kier molecular flexibility index (Phi) is 2.73. The fraction of sp³-hybridized carbons (Fsp3) is 0.500. The van der Waals surface area contributed by atoms with Crippen LogP contribution in [0.4, 0.5) is 0 Å². The minimum Gasteiger partial charge on any atom is -0.490 e. The summed E-state index contributed by atoms with van der Waals surface area (Å²) in [7, 11) is 0. The van der Waals surface area contributed by atoms with E-state index in [1.165, 1.54) is 11.1 Å². The van der Waals surface area contributed by atoms with E-state index in [0.717, 1.165) is 31.6 Å². The second kappa shape index (κ2) is 4.01. The van der Waals surface area contributed by atoms with Crippen molar-refractivity contribution in [2.24, 2.45) is 5.73 Å². The van der Waals surface area contributed by atoms with Gasteiger partial charge in [-0.3, -0.25) is 0 Å². The van der Waals surface area contributed by atoms with Gasteiger partial charge in [-0.2, -0.15) is 0 Å². The zero-order valence-electron chi connectivity index (χ0n) is 8.62. The molecular formula is C12H17NO. The molecule has 0 saturated carbocycles. The normalized spacial score (nSPS) is 19.1. The first-order chi connectivity index (χ1) is 6.81. The molecule has 76 valence electrons. The van der Waals surface area contributed by atoms with Crippen LogP contribution in [0.2, 0.25) is 0 Å². The predicted molar refractivity (Wildman–Crippen MR) is 57.6 cm³/mol. The monoisotopic (exact) mass is 191 g/mol. The van der Waals surface area contributed by atoms with Crippen LogP contribution in [0, 0.1) is 6.92 Å². The standard InChI is InChI=1S/C12H17NO/c1-9-4-2-6-12-11(9)8-10(14-12)5-3-7-13/h2,4,6,10H,3,5,7-8,13H2,1H3. The van der Waals surface area contributed by atoms with Gasteiger partial charge in [0, 0.05) is 12.0 Å². The van der Waals surface area contributed by atoms with Gasteiger partial charge in [0.2, 0.25) is 0 Å². The number of ether oxygens (including phenoxy) is 1. The number of hydrogen-bond acceptors (Lipinski definition) is 2. The maximum atomic E-state index is 5.83. The topological polar surface area (TPSA) is 35.2 Å². The van der Waals surface area contributed by atoms with Crippen molar-refractivity contribution >= 4 is 0 Å². The highest BCUT2D eigenvalue weighted by molar-refractivity contribution is 5.42. The van der Waals surface area contributed by atoms with E-state index in [9.17, 15) is 0 Å². The maximum absolute atomic E-state index is 5.83. The molecule has 0 spiro atoms. The summed E-state index contributed by atoms with van der Waals surface area (Å²) in [6.45, 7) is 2.91. The lowest BCUT2D eigenvalue weighted by Crippen LogP contribution is -2.14. The Hall–Kier alpha value is -1.02. The van der Waals surface area contributed by atoms with Crippen molar-refractivity contribution in [2.75, 3.05) is 6.54 Å². The van der Waals surface area contributed by atoms with Crippen molar-refractivity contribution in [3.63, 3.8) is 0 Å². The van der Waals surface area contributed by atoms with Crippen LogP contribution in [-0.2, 0) is 6.42 Å². The third-order valence-electron chi connectivity index (χ3n) is 2.82. The van der Waals surface area contributed by atoms with Gasteiger partial charge in [0.25, 0.3) is 0 Å². The zero-order chi connectivity index (χ0) is 9.97. The van der Waals surface area contributed by atoms with Crippen LogP contribution in [0.3, 0.4) is 0 Å². The Labute approximate surface area is 85.1 Å². The minimum absolute atomic E-state index is 0.356. The summed E-state index contributed by atoms with van der Waals surface area (Å²) < 4.78 is 5.83. The average Bonchev–Trinajstić information content (AvgIpc) is 2.59. The third kappa shape index (κ3) is 1.75. The average molecular weight is 191 g/mol. The molecule has 1 aromatic carbocycles. The Morgan fingerprint density at radius 2 is 2.36 bits per heavy atom. The molecule has 2 heteroatoms. The highest BCUT2D eigenvalue weighted by Gasteiger charge is 2.23. The molecule has 0 radical (unpaired) electrons. The Morgan fingerprint density at radius 3 is 3.07 bits per heavy atom. The number of benzene rings is 1. The van der Waals surface area contributed by atoms with Crippen LogP contribution in [0.1, 0.15) is 24.0 Å². The number of hydrogen-bond donors (Lipinski definition) is 1. The Morgan fingerprint density at radius 1 is 1.50 bits per heavy atom. The lowest BCUT2D eigenvalue weighted by Gasteiger charge is -2.08. The van der Waals surface area contributed by atoms with Crippen LogP contribution in [0.5, 0.6) is 5.75 Å². The molecule has 0 saturated heterocycles. The van der Waals surface area contributed by atoms with Crippen molar-refractivity contribution in [3.8, 4) is 5.75 Å². The van der Waals surface area contributed by atoms with Crippen LogP contribution in [0.25, 0.3) is 0 Å². The van der Waals surface area contributed by atoms with E-state index in [1.807, 2.05) is 0 Å². The molecule has 1 aliphatic rings. The summed E-state index contributed by atoms with van der Waals surface area (Å²) in [5.74, 6) is 1.08. The molecule has 1 aliphatic heterocycles. The van der Waals surface area contributed by atoms with Gasteiger partial charge in [-0.1, -0.05) is 12.1 Å². The van der Waals surface area contributed by atoms with Crippen molar-refractivity contribution in [3.05, 3.63) is 29.3 Å². The minimum atomic E-state index is 0.356. The molecule has 1 heterocycles. The summed E-state index contributed by atoms with van der Waals surface area (Å²) in [6, 6.07) is 6.26. The van der Waals surface area contributed by atoms with Crippen LogP contribution in [-0.4, -0.2) is 12.6 Å². The fourth-order valence-electron chi connectivity index (χ4n) is 2.00. The quantitative estimate of drug-likeness (QED) is 0.793. The van der Waals surface area contributed by atoms with E-state index in [1.54, 1.807) is 0 Å². The van der Waals surface area contributed by atoms with Gasteiger partial charge in [0.05, 0.1) is 0 Å². The molecule has 2 rings (SSSR count). The first-order valence-corrected chi connectivity index (χ1v) is 5.26. The van der Waals surface area contributed by atoms with Gasteiger partial charge >= 0.3 is 0 Å². The largest absolute Gasteiger partial charge is 0.490 e. The van der Waals surface area contributed by atoms with E-state index >= 15 is 0 Å². The highest BCUT2D eigenvalue weighted by Crippen LogP contribution is 2.32. The summed E-state index contributed by atoms with van der Waals surface area (Å²) in [5.41, 5.74) is 8.22. The summed E-state index contributed by atoms with van der Waals surface area (Å²) >= 11 is 0. The first kappa shape index (κ1) is 9.53. The summed E-state index contributed by atoms with van der Waals surface area (Å²) in [4.78, 5) is 0. The number of rotatable bonds is 3. The number of nitrogens with two attached hydrogens (primary N) is 1. The van der Waals surface area contributed by atoms with E-state index in [4.69, 9.17) is 10.5 Å². The number of aryl methyl sites for hydroxylation is 1. The molecule has 14 heavy (non-hydrogen) atoms. The van der Waals surface area contributed by atoms with Gasteiger partial charge in [0.1, 0.15) is 11.9 Å². The lowest BCUT2D eigenvalue weighted by molar-refractivity contribution is 0.219. The van der Waals surface area contributed by atoms with Crippen LogP contribution in [0.15, 0.2) is 18.2 Å². The molecule has 2 nitrogen and oxygen atoms in total. The van der Waals surface area contributed by atoms with E-state index in [0.29, 0.717) is 6.10 Å². The lowest BCUT2D eigenvalue weighted by atomic mass is 10.0. The zero-order valence-corrected chi connectivity index (χ0v) is 8.62. The Bertz CT molecular complexity index is 322. The van der Waals surface area contributed by atoms with Crippen molar-refractivity contribution < 1.29 is 4.74 Å². The predicted octanol–water partition coefficient (Wildman–Crippen LogP) is 2.04. The Balaban J connectivity index is 2.06. The van der Waals surface area contributed by atoms with E-state index < -0.39 is 0 Å². The second-order valence-electron chi connectivity index (χ2n) is 3.93. The van der Waals surface area contributed by atoms with E-state index in [-0.39, 0.29) is 0 Å². The molecule has 0 fully saturated rings. The van der Waals surface area contributed by atoms with Gasteiger partial charge in [0.15, 0.2) is 0 Å². The second-order valence-corrected chi connectivity index (χ2v) is 3.93. The van der Waals surface area contributed by atoms with Crippen molar-refractivity contribution in [1.29, 1.82) is 0 Å². The molecule has 1 aromatic rings.